The van der Waals surface area contributed by atoms with Crippen molar-refractivity contribution in [3.63, 3.8) is 0 Å². The number of methoxy groups -OCH3 is 1. The van der Waals surface area contributed by atoms with Crippen LogP contribution < -0.4 is 0 Å². The molecule has 0 heterocycles. The number of halogens is 1. The van der Waals surface area contributed by atoms with Crippen LogP contribution in [0.2, 0.25) is 0 Å². The van der Waals surface area contributed by atoms with Crippen LogP contribution in [0.25, 0.3) is 0 Å². The Balaban J connectivity index is 2.80. The highest BCUT2D eigenvalue weighted by molar-refractivity contribution is 6.53. The van der Waals surface area contributed by atoms with Crippen molar-refractivity contribution in [2.45, 2.75) is 11.8 Å². The molecule has 0 amide bonds. The van der Waals surface area contributed by atoms with Crippen LogP contribution in [0.4, 0.5) is 0 Å². The van der Waals surface area contributed by atoms with E-state index in [1.165, 1.54) is 7.11 Å². The van der Waals surface area contributed by atoms with Gasteiger partial charge < -0.3 is 14.8 Å². The van der Waals surface area contributed by atoms with Gasteiger partial charge in [0.1, 0.15) is 5.76 Å². The normalized spacial score (nSPS) is 22.8. The maximum atomic E-state index is 8.88. The molecular weight excluding hydrogens is 178 g/mol. The summed E-state index contributed by atoms with van der Waals surface area (Å²) in [5, 5.41) is 17.4. The van der Waals surface area contributed by atoms with Gasteiger partial charge in [-0.3, -0.25) is 0 Å². The third kappa shape index (κ3) is 2.03. The number of allylic oxidation sites excluding steroid dienone is 3. The van der Waals surface area contributed by atoms with Crippen molar-refractivity contribution < 1.29 is 14.8 Å². The second kappa shape index (κ2) is 3.98. The van der Waals surface area contributed by atoms with E-state index in [0.717, 1.165) is 0 Å². The fourth-order valence-electron chi connectivity index (χ4n) is 1.05. The molecule has 0 aliphatic heterocycles. The quantitative estimate of drug-likeness (QED) is 0.489. The van der Waals surface area contributed by atoms with Crippen LogP contribution in [0.3, 0.4) is 0 Å². The highest BCUT2D eigenvalue weighted by atomic mass is 35.5. The van der Waals surface area contributed by atoms with Gasteiger partial charge in [0.15, 0.2) is 0 Å². The van der Waals surface area contributed by atoms with Crippen LogP contribution in [0.5, 0.6) is 0 Å². The predicted molar refractivity (Wildman–Crippen MR) is 47.6 cm³/mol. The van der Waals surface area contributed by atoms with Gasteiger partial charge in [0.05, 0.1) is 12.5 Å². The zero-order chi connectivity index (χ0) is 9.14. The minimum absolute atomic E-state index is 0.344. The van der Waals surface area contributed by atoms with Crippen molar-refractivity contribution in [2.24, 2.45) is 0 Å². The first-order valence-electron chi connectivity index (χ1n) is 3.61. The van der Waals surface area contributed by atoms with Crippen LogP contribution in [-0.4, -0.2) is 29.7 Å². The Morgan fingerprint density at radius 1 is 1.67 bits per heavy atom. The molecule has 0 radical (unpaired) electrons. The maximum absolute atomic E-state index is 8.88. The van der Waals surface area contributed by atoms with Gasteiger partial charge in [-0.2, -0.15) is 0 Å². The van der Waals surface area contributed by atoms with Crippen molar-refractivity contribution in [3.8, 4) is 0 Å². The molecule has 0 saturated heterocycles. The van der Waals surface area contributed by atoms with Gasteiger partial charge in [-0.05, 0) is 24.0 Å². The lowest BCUT2D eigenvalue weighted by Gasteiger charge is -2.17. The molecule has 1 aliphatic carbocycles. The smallest absolute Gasteiger partial charge is 0.485 e. The zero-order valence-corrected chi connectivity index (χ0v) is 7.45. The third-order valence-corrected chi connectivity index (χ3v) is 2.16. The van der Waals surface area contributed by atoms with Crippen molar-refractivity contribution in [1.82, 2.24) is 0 Å². The molecule has 0 bridgehead atoms. The summed E-state index contributed by atoms with van der Waals surface area (Å²) < 4.78 is 4.92. The second-order valence-corrected chi connectivity index (χ2v) is 3.06. The number of alkyl halides is 1. The lowest BCUT2D eigenvalue weighted by atomic mass is 9.74. The predicted octanol–water partition coefficient (Wildman–Crippen LogP) is 0.466. The van der Waals surface area contributed by atoms with Gasteiger partial charge >= 0.3 is 7.12 Å². The first-order chi connectivity index (χ1) is 5.65. The van der Waals surface area contributed by atoms with E-state index in [0.29, 0.717) is 17.7 Å². The van der Waals surface area contributed by atoms with E-state index in [4.69, 9.17) is 26.4 Å². The van der Waals surface area contributed by atoms with Crippen LogP contribution >= 0.6 is 11.6 Å². The SMILES string of the molecule is COC1=CCC(Cl)C(B(O)O)=C1. The third-order valence-electron chi connectivity index (χ3n) is 1.73. The summed E-state index contributed by atoms with van der Waals surface area (Å²) in [6, 6.07) is 0. The molecule has 0 saturated carbocycles. The van der Waals surface area contributed by atoms with E-state index in [-0.39, 0.29) is 5.38 Å². The molecule has 66 valence electrons. The molecule has 0 aromatic rings. The molecule has 1 rings (SSSR count). The Bertz CT molecular complexity index is 225. The number of rotatable bonds is 2. The van der Waals surface area contributed by atoms with E-state index in [1.807, 2.05) is 6.08 Å². The first-order valence-corrected chi connectivity index (χ1v) is 4.04. The topological polar surface area (TPSA) is 49.7 Å². The largest absolute Gasteiger partial charge is 0.497 e. The average molecular weight is 188 g/mol. The minimum Gasteiger partial charge on any atom is -0.497 e. The summed E-state index contributed by atoms with van der Waals surface area (Å²) in [7, 11) is 0.0319. The van der Waals surface area contributed by atoms with Gasteiger partial charge in [-0.15, -0.1) is 11.6 Å². The molecule has 5 heteroatoms. The molecule has 1 atom stereocenters. The van der Waals surface area contributed by atoms with Gasteiger partial charge in [0.25, 0.3) is 0 Å². The number of ether oxygens (including phenoxy) is 1. The average Bonchev–Trinajstić information content (AvgIpc) is 2.05. The first kappa shape index (κ1) is 9.64. The van der Waals surface area contributed by atoms with E-state index in [1.54, 1.807) is 6.08 Å². The molecule has 1 aliphatic rings. The Morgan fingerprint density at radius 3 is 2.83 bits per heavy atom. The summed E-state index contributed by atoms with van der Waals surface area (Å²) >= 11 is 5.81. The van der Waals surface area contributed by atoms with Crippen molar-refractivity contribution in [3.05, 3.63) is 23.4 Å². The number of hydrogen-bond acceptors (Lipinski definition) is 3. The van der Waals surface area contributed by atoms with Gasteiger partial charge in [-0.25, -0.2) is 0 Å². The monoisotopic (exact) mass is 188 g/mol. The fourth-order valence-corrected chi connectivity index (χ4v) is 1.31. The highest BCUT2D eigenvalue weighted by Crippen LogP contribution is 2.23. The summed E-state index contributed by atoms with van der Waals surface area (Å²) in [6.45, 7) is 0. The molecule has 3 nitrogen and oxygen atoms in total. The molecule has 0 aromatic carbocycles. The molecule has 12 heavy (non-hydrogen) atoms. The lowest BCUT2D eigenvalue weighted by molar-refractivity contribution is 0.302. The molecular formula is C7H10BClO3. The standard InChI is InChI=1S/C7H10BClO3/c1-12-5-2-3-7(9)6(4-5)8(10)11/h2,4,7,10-11H,3H2,1H3. The second-order valence-electron chi connectivity index (χ2n) is 2.53. The van der Waals surface area contributed by atoms with E-state index < -0.39 is 7.12 Å². The highest BCUT2D eigenvalue weighted by Gasteiger charge is 2.25. The summed E-state index contributed by atoms with van der Waals surface area (Å²) in [4.78, 5) is 0. The zero-order valence-electron chi connectivity index (χ0n) is 6.70. The van der Waals surface area contributed by atoms with Crippen LogP contribution in [-0.2, 0) is 4.74 Å². The summed E-state index contributed by atoms with van der Waals surface area (Å²) in [5.41, 5.74) is 0.385. The van der Waals surface area contributed by atoms with Crippen molar-refractivity contribution in [1.29, 1.82) is 0 Å². The van der Waals surface area contributed by atoms with Crippen LogP contribution in [0, 0.1) is 0 Å². The van der Waals surface area contributed by atoms with E-state index in [9.17, 15) is 0 Å². The van der Waals surface area contributed by atoms with Gasteiger partial charge in [-0.1, -0.05) is 0 Å². The number of hydrogen-bond donors (Lipinski definition) is 2. The lowest BCUT2D eigenvalue weighted by Crippen LogP contribution is -2.24. The molecule has 0 spiro atoms. The minimum atomic E-state index is -1.49. The Kier molecular flexibility index (Phi) is 3.20. The van der Waals surface area contributed by atoms with Crippen LogP contribution in [0.15, 0.2) is 23.4 Å². The van der Waals surface area contributed by atoms with E-state index >= 15 is 0 Å². The van der Waals surface area contributed by atoms with Gasteiger partial charge in [0, 0.05) is 0 Å². The molecule has 1 unspecified atom stereocenters. The summed E-state index contributed by atoms with van der Waals surface area (Å²) in [5.74, 6) is 0.620. The van der Waals surface area contributed by atoms with Crippen LogP contribution in [0.1, 0.15) is 6.42 Å². The molecule has 0 fully saturated rings. The fraction of sp³-hybridized carbons (Fsp3) is 0.429. The van der Waals surface area contributed by atoms with Crippen molar-refractivity contribution in [2.75, 3.05) is 7.11 Å². The Labute approximate surface area is 76.4 Å². The Hall–Kier alpha value is -0.445. The molecule has 0 aromatic heterocycles. The Morgan fingerprint density at radius 2 is 2.33 bits per heavy atom. The van der Waals surface area contributed by atoms with Gasteiger partial charge in [0.2, 0.25) is 0 Å². The summed E-state index contributed by atoms with van der Waals surface area (Å²) in [6.07, 6.45) is 3.92. The maximum Gasteiger partial charge on any atom is 0.485 e. The van der Waals surface area contributed by atoms with Crippen molar-refractivity contribution >= 4 is 18.7 Å². The van der Waals surface area contributed by atoms with E-state index in [2.05, 4.69) is 0 Å². The molecule has 2 N–H and O–H groups in total.